The number of nitrogens with zero attached hydrogens (tertiary/aromatic N) is 1. The van der Waals surface area contributed by atoms with Gasteiger partial charge in [-0.05, 0) is 29.8 Å². The van der Waals surface area contributed by atoms with Crippen molar-refractivity contribution in [2.75, 3.05) is 5.73 Å². The zero-order valence-electron chi connectivity index (χ0n) is 10.7. The second-order valence-corrected chi connectivity index (χ2v) is 6.12. The maximum absolute atomic E-state index is 13.4. The molecule has 3 rings (SSSR count). The predicted octanol–water partition coefficient (Wildman–Crippen LogP) is 3.51. The summed E-state index contributed by atoms with van der Waals surface area (Å²) in [5, 5.41) is 0.0298. The fourth-order valence-electron chi connectivity index (χ4n) is 1.88. The van der Waals surface area contributed by atoms with E-state index in [1.165, 1.54) is 12.1 Å². The number of anilines is 1. The standard InChI is InChI=1S/C14H10ClFN2O2S/c15-13-8(2-1-3-10(13)16)7-21(19)14-18-11-6-9(17)4-5-12(11)20-14/h1-6H,7,17H2. The summed E-state index contributed by atoms with van der Waals surface area (Å²) in [6, 6.07) is 9.34. The van der Waals surface area contributed by atoms with Crippen molar-refractivity contribution in [2.45, 2.75) is 11.0 Å². The van der Waals surface area contributed by atoms with E-state index in [4.69, 9.17) is 21.8 Å². The van der Waals surface area contributed by atoms with Gasteiger partial charge < -0.3 is 10.2 Å². The minimum atomic E-state index is -1.56. The zero-order valence-corrected chi connectivity index (χ0v) is 12.2. The van der Waals surface area contributed by atoms with Crippen LogP contribution in [0.1, 0.15) is 5.56 Å². The molecule has 1 atom stereocenters. The van der Waals surface area contributed by atoms with Gasteiger partial charge in [0, 0.05) is 5.69 Å². The first-order valence-electron chi connectivity index (χ1n) is 6.02. The van der Waals surface area contributed by atoms with Crippen molar-refractivity contribution in [3.05, 3.63) is 52.8 Å². The molecule has 3 aromatic rings. The Morgan fingerprint density at radius 3 is 2.95 bits per heavy atom. The number of rotatable bonds is 3. The van der Waals surface area contributed by atoms with Crippen LogP contribution in [0.15, 0.2) is 46.0 Å². The van der Waals surface area contributed by atoms with Crippen LogP contribution in [0.3, 0.4) is 0 Å². The highest BCUT2D eigenvalue weighted by Gasteiger charge is 2.16. The second kappa shape index (κ2) is 5.46. The molecule has 21 heavy (non-hydrogen) atoms. The molecule has 1 heterocycles. The number of aromatic nitrogens is 1. The van der Waals surface area contributed by atoms with E-state index in [9.17, 15) is 8.60 Å². The topological polar surface area (TPSA) is 69.1 Å². The maximum atomic E-state index is 13.4. The van der Waals surface area contributed by atoms with Crippen LogP contribution in [0.4, 0.5) is 10.1 Å². The molecule has 0 radical (unpaired) electrons. The number of nitrogen functional groups attached to an aromatic ring is 1. The Hall–Kier alpha value is -1.92. The highest BCUT2D eigenvalue weighted by atomic mass is 35.5. The van der Waals surface area contributed by atoms with E-state index >= 15 is 0 Å². The average molecular weight is 325 g/mol. The van der Waals surface area contributed by atoms with E-state index < -0.39 is 16.6 Å². The van der Waals surface area contributed by atoms with Crippen molar-refractivity contribution in [1.29, 1.82) is 0 Å². The van der Waals surface area contributed by atoms with Crippen LogP contribution in [0.25, 0.3) is 11.1 Å². The van der Waals surface area contributed by atoms with Gasteiger partial charge in [0.2, 0.25) is 0 Å². The molecule has 108 valence electrons. The van der Waals surface area contributed by atoms with Crippen molar-refractivity contribution >= 4 is 39.2 Å². The molecule has 1 unspecified atom stereocenters. The lowest BCUT2D eigenvalue weighted by atomic mass is 10.2. The molecule has 2 aromatic carbocycles. The Labute approximate surface area is 127 Å². The lowest BCUT2D eigenvalue weighted by Gasteiger charge is -2.02. The van der Waals surface area contributed by atoms with Crippen molar-refractivity contribution in [3.8, 4) is 0 Å². The number of halogens is 2. The molecule has 0 saturated carbocycles. The second-order valence-electron chi connectivity index (χ2n) is 4.41. The van der Waals surface area contributed by atoms with Crippen LogP contribution in [0, 0.1) is 5.82 Å². The van der Waals surface area contributed by atoms with Gasteiger partial charge in [-0.2, -0.15) is 0 Å². The molecule has 1 aromatic heterocycles. The first-order chi connectivity index (χ1) is 10.0. The molecular formula is C14H10ClFN2O2S. The highest BCUT2D eigenvalue weighted by Crippen LogP contribution is 2.25. The van der Waals surface area contributed by atoms with Crippen molar-refractivity contribution in [1.82, 2.24) is 4.98 Å². The van der Waals surface area contributed by atoms with Gasteiger partial charge in [-0.25, -0.2) is 13.6 Å². The van der Waals surface area contributed by atoms with E-state index in [1.807, 2.05) is 0 Å². The molecule has 0 aliphatic rings. The maximum Gasteiger partial charge on any atom is 0.288 e. The third kappa shape index (κ3) is 2.77. The van der Waals surface area contributed by atoms with E-state index in [0.29, 0.717) is 22.4 Å². The number of nitrogens with two attached hydrogens (primary N) is 1. The van der Waals surface area contributed by atoms with Crippen LogP contribution in [-0.4, -0.2) is 9.19 Å². The summed E-state index contributed by atoms with van der Waals surface area (Å²) in [6.07, 6.45) is 0. The molecule has 7 heteroatoms. The third-order valence-electron chi connectivity index (χ3n) is 2.90. The zero-order chi connectivity index (χ0) is 15.0. The van der Waals surface area contributed by atoms with Gasteiger partial charge in [0.15, 0.2) is 5.58 Å². The highest BCUT2D eigenvalue weighted by molar-refractivity contribution is 7.84. The van der Waals surface area contributed by atoms with Crippen molar-refractivity contribution < 1.29 is 13.0 Å². The molecule has 0 saturated heterocycles. The SMILES string of the molecule is Nc1ccc2oc(S(=O)Cc3cccc(F)c3Cl)nc2c1. The summed E-state index contributed by atoms with van der Waals surface area (Å²) in [5.74, 6) is -0.518. The lowest BCUT2D eigenvalue weighted by molar-refractivity contribution is 0.477. The normalized spacial score (nSPS) is 12.7. The summed E-state index contributed by atoms with van der Waals surface area (Å²) in [7, 11) is -1.56. The Morgan fingerprint density at radius 1 is 1.33 bits per heavy atom. The van der Waals surface area contributed by atoms with Crippen molar-refractivity contribution in [2.24, 2.45) is 0 Å². The first-order valence-corrected chi connectivity index (χ1v) is 7.71. The van der Waals surface area contributed by atoms with Crippen LogP contribution >= 0.6 is 11.6 Å². The molecule has 0 aliphatic heterocycles. The minimum absolute atomic E-state index is 0.0267. The number of oxazole rings is 1. The van der Waals surface area contributed by atoms with E-state index in [0.717, 1.165) is 0 Å². The van der Waals surface area contributed by atoms with Gasteiger partial charge in [0.05, 0.1) is 10.8 Å². The third-order valence-corrected chi connectivity index (χ3v) is 4.47. The van der Waals surface area contributed by atoms with Gasteiger partial charge in [0.1, 0.15) is 22.1 Å². The van der Waals surface area contributed by atoms with Gasteiger partial charge in [-0.3, -0.25) is 0 Å². The summed E-state index contributed by atoms with van der Waals surface area (Å²) in [4.78, 5) is 4.14. The Kier molecular flexibility index (Phi) is 3.65. The molecule has 0 spiro atoms. The number of hydrogen-bond donors (Lipinski definition) is 1. The van der Waals surface area contributed by atoms with Crippen LogP contribution in [0.5, 0.6) is 0 Å². The van der Waals surface area contributed by atoms with Gasteiger partial charge in [-0.15, -0.1) is 0 Å². The molecule has 4 nitrogen and oxygen atoms in total. The molecular weight excluding hydrogens is 315 g/mol. The Morgan fingerprint density at radius 2 is 2.14 bits per heavy atom. The summed E-state index contributed by atoms with van der Waals surface area (Å²) >= 11 is 5.85. The Balaban J connectivity index is 1.91. The number of hydrogen-bond acceptors (Lipinski definition) is 4. The molecule has 0 fully saturated rings. The van der Waals surface area contributed by atoms with E-state index in [1.54, 1.807) is 24.3 Å². The number of fused-ring (bicyclic) bond motifs is 1. The molecule has 0 aliphatic carbocycles. The van der Waals surface area contributed by atoms with E-state index in [-0.39, 0.29) is 16.0 Å². The predicted molar refractivity (Wildman–Crippen MR) is 79.9 cm³/mol. The quantitative estimate of drug-likeness (QED) is 0.748. The van der Waals surface area contributed by atoms with Gasteiger partial charge >= 0.3 is 0 Å². The molecule has 2 N–H and O–H groups in total. The van der Waals surface area contributed by atoms with Crippen molar-refractivity contribution in [3.63, 3.8) is 0 Å². The number of benzene rings is 2. The lowest BCUT2D eigenvalue weighted by Crippen LogP contribution is -1.98. The summed E-state index contributed by atoms with van der Waals surface area (Å²) in [6.45, 7) is 0. The molecule has 0 amide bonds. The monoisotopic (exact) mass is 324 g/mol. The average Bonchev–Trinajstić information content (AvgIpc) is 2.87. The van der Waals surface area contributed by atoms with Crippen LogP contribution < -0.4 is 5.73 Å². The Bertz CT molecular complexity index is 850. The summed E-state index contributed by atoms with van der Waals surface area (Å²) in [5.41, 5.74) is 7.67. The summed E-state index contributed by atoms with van der Waals surface area (Å²) < 4.78 is 31.1. The van der Waals surface area contributed by atoms with Crippen LogP contribution in [-0.2, 0) is 16.6 Å². The largest absolute Gasteiger partial charge is 0.430 e. The minimum Gasteiger partial charge on any atom is -0.430 e. The van der Waals surface area contributed by atoms with E-state index in [2.05, 4.69) is 4.98 Å². The van der Waals surface area contributed by atoms with Gasteiger partial charge in [-0.1, -0.05) is 23.7 Å². The first kappa shape index (κ1) is 14.0. The fourth-order valence-corrected chi connectivity index (χ4v) is 3.19. The van der Waals surface area contributed by atoms with Crippen LogP contribution in [0.2, 0.25) is 5.02 Å². The fraction of sp³-hybridized carbons (Fsp3) is 0.0714. The van der Waals surface area contributed by atoms with Gasteiger partial charge in [0.25, 0.3) is 5.22 Å². The smallest absolute Gasteiger partial charge is 0.288 e. The molecule has 0 bridgehead atoms.